The summed E-state index contributed by atoms with van der Waals surface area (Å²) in [4.78, 5) is 21.6. The number of hydrogen-bond donors (Lipinski definition) is 3. The molecule has 0 rings (SSSR count). The smallest absolute Gasteiger partial charge is 0.319 e. The number of primary amides is 1. The van der Waals surface area contributed by atoms with Gasteiger partial charge >= 0.3 is 5.97 Å². The molecule has 6 nitrogen and oxygen atoms in total. The summed E-state index contributed by atoms with van der Waals surface area (Å²) in [6, 6.07) is 0. The highest BCUT2D eigenvalue weighted by Gasteiger charge is 2.41. The zero-order valence-electron chi connectivity index (χ0n) is 8.19. The lowest BCUT2D eigenvalue weighted by Crippen LogP contribution is -2.44. The van der Waals surface area contributed by atoms with Crippen LogP contribution in [-0.4, -0.2) is 41.9 Å². The number of amides is 1. The Balaban J connectivity index is 4.53. The Kier molecular flexibility index (Phi) is 4.52. The van der Waals surface area contributed by atoms with Gasteiger partial charge in [-0.05, 0) is 6.92 Å². The zero-order valence-corrected chi connectivity index (χ0v) is 8.19. The second kappa shape index (κ2) is 4.92. The maximum atomic E-state index is 10.9. The van der Waals surface area contributed by atoms with Crippen molar-refractivity contribution >= 4 is 11.9 Å². The highest BCUT2D eigenvalue weighted by atomic mass is 16.5. The Bertz CT molecular complexity index is 214. The summed E-state index contributed by atoms with van der Waals surface area (Å²) >= 11 is 0. The number of aliphatic carboxylic acids is 1. The van der Waals surface area contributed by atoms with Crippen molar-refractivity contribution in [3.63, 3.8) is 0 Å². The average Bonchev–Trinajstić information content (AvgIpc) is 2.03. The van der Waals surface area contributed by atoms with Gasteiger partial charge in [-0.1, -0.05) is 0 Å². The maximum Gasteiger partial charge on any atom is 0.319 e. The van der Waals surface area contributed by atoms with Crippen molar-refractivity contribution in [1.82, 2.24) is 0 Å². The van der Waals surface area contributed by atoms with E-state index < -0.39 is 23.4 Å². The zero-order chi connectivity index (χ0) is 11.4. The number of carboxylic acid groups (broad SMARTS) is 1. The summed E-state index contributed by atoms with van der Waals surface area (Å²) in [7, 11) is 1.37. The molecule has 0 aromatic rings. The van der Waals surface area contributed by atoms with E-state index in [4.69, 9.17) is 10.8 Å². The number of aliphatic hydroxyl groups is 1. The van der Waals surface area contributed by atoms with Gasteiger partial charge in [-0.2, -0.15) is 0 Å². The van der Waals surface area contributed by atoms with E-state index in [0.717, 1.165) is 0 Å². The fraction of sp³-hybridized carbons (Fsp3) is 0.750. The highest BCUT2D eigenvalue weighted by Crippen LogP contribution is 2.23. The molecular formula is C8H15NO5. The van der Waals surface area contributed by atoms with Crippen LogP contribution in [0.4, 0.5) is 0 Å². The molecule has 0 saturated heterocycles. The van der Waals surface area contributed by atoms with Crippen LogP contribution >= 0.6 is 0 Å². The van der Waals surface area contributed by atoms with Gasteiger partial charge < -0.3 is 20.7 Å². The van der Waals surface area contributed by atoms with Crippen LogP contribution in [-0.2, 0) is 14.3 Å². The van der Waals surface area contributed by atoms with Gasteiger partial charge in [0.1, 0.15) is 5.41 Å². The Morgan fingerprint density at radius 3 is 2.36 bits per heavy atom. The molecule has 1 amide bonds. The molecule has 0 aliphatic carbocycles. The summed E-state index contributed by atoms with van der Waals surface area (Å²) in [5, 5.41) is 18.1. The lowest BCUT2D eigenvalue weighted by molar-refractivity contribution is -0.156. The number of rotatable bonds is 6. The van der Waals surface area contributed by atoms with Gasteiger partial charge in [0.25, 0.3) is 0 Å². The molecular weight excluding hydrogens is 190 g/mol. The number of nitrogens with two attached hydrogens (primary N) is 1. The first-order valence-corrected chi connectivity index (χ1v) is 4.05. The molecule has 2 atom stereocenters. The van der Waals surface area contributed by atoms with Gasteiger partial charge in [0.2, 0.25) is 5.91 Å². The molecule has 0 fully saturated rings. The van der Waals surface area contributed by atoms with Crippen LogP contribution in [0.1, 0.15) is 13.3 Å². The molecule has 82 valence electrons. The van der Waals surface area contributed by atoms with Gasteiger partial charge in [0.15, 0.2) is 0 Å². The molecule has 0 heterocycles. The summed E-state index contributed by atoms with van der Waals surface area (Å²) in [5.74, 6) is -2.32. The van der Waals surface area contributed by atoms with Crippen molar-refractivity contribution in [2.45, 2.75) is 19.4 Å². The largest absolute Gasteiger partial charge is 0.480 e. The minimum Gasteiger partial charge on any atom is -0.480 e. The number of hydrogen-bond acceptors (Lipinski definition) is 4. The summed E-state index contributed by atoms with van der Waals surface area (Å²) in [6.45, 7) is 1.15. The Morgan fingerprint density at radius 1 is 1.57 bits per heavy atom. The van der Waals surface area contributed by atoms with Crippen LogP contribution < -0.4 is 5.73 Å². The van der Waals surface area contributed by atoms with Crippen LogP contribution in [0.5, 0.6) is 0 Å². The first-order valence-electron chi connectivity index (χ1n) is 4.05. The molecule has 0 aliphatic heterocycles. The number of carbonyl (C=O) groups excluding carboxylic acids is 1. The quantitative estimate of drug-likeness (QED) is 0.480. The molecule has 0 spiro atoms. The highest BCUT2D eigenvalue weighted by molar-refractivity contribution is 6.00. The predicted molar refractivity (Wildman–Crippen MR) is 47.4 cm³/mol. The third-order valence-electron chi connectivity index (χ3n) is 2.02. The minimum absolute atomic E-state index is 0.0316. The topological polar surface area (TPSA) is 110 Å². The second-order valence-electron chi connectivity index (χ2n) is 3.31. The molecule has 0 aromatic carbocycles. The number of carbonyl (C=O) groups is 2. The number of ether oxygens (including phenoxy) is 1. The van der Waals surface area contributed by atoms with Gasteiger partial charge in [-0.15, -0.1) is 0 Å². The van der Waals surface area contributed by atoms with Gasteiger partial charge in [0, 0.05) is 13.5 Å². The van der Waals surface area contributed by atoms with Gasteiger partial charge in [-0.25, -0.2) is 0 Å². The first-order chi connectivity index (χ1) is 6.34. The van der Waals surface area contributed by atoms with E-state index in [0.29, 0.717) is 0 Å². The summed E-state index contributed by atoms with van der Waals surface area (Å²) in [5.41, 5.74) is 3.19. The predicted octanol–water partition coefficient (Wildman–Crippen LogP) is -1.04. The third-order valence-corrected chi connectivity index (χ3v) is 2.02. The molecule has 6 heteroatoms. The lowest BCUT2D eigenvalue weighted by atomic mass is 9.84. The fourth-order valence-corrected chi connectivity index (χ4v) is 1.02. The maximum absolute atomic E-state index is 10.9. The van der Waals surface area contributed by atoms with Crippen LogP contribution in [0.3, 0.4) is 0 Å². The van der Waals surface area contributed by atoms with E-state index in [2.05, 4.69) is 4.74 Å². The van der Waals surface area contributed by atoms with Crippen molar-refractivity contribution in [2.24, 2.45) is 11.1 Å². The Labute approximate surface area is 81.7 Å². The van der Waals surface area contributed by atoms with E-state index in [1.54, 1.807) is 0 Å². The Hall–Kier alpha value is -1.14. The normalized spacial score (nSPS) is 17.1. The monoisotopic (exact) mass is 205 g/mol. The molecule has 0 aliphatic rings. The van der Waals surface area contributed by atoms with Crippen LogP contribution in [0.25, 0.3) is 0 Å². The van der Waals surface area contributed by atoms with E-state index in [9.17, 15) is 14.7 Å². The SMILES string of the molecule is COCC(O)CC(C)(C(N)=O)C(=O)O. The minimum atomic E-state index is -1.75. The summed E-state index contributed by atoms with van der Waals surface area (Å²) in [6.07, 6.45) is -1.28. The van der Waals surface area contributed by atoms with Crippen LogP contribution in [0, 0.1) is 5.41 Å². The first kappa shape index (κ1) is 12.9. The fourth-order valence-electron chi connectivity index (χ4n) is 1.02. The third kappa shape index (κ3) is 2.97. The second-order valence-corrected chi connectivity index (χ2v) is 3.31. The molecule has 14 heavy (non-hydrogen) atoms. The Morgan fingerprint density at radius 2 is 2.07 bits per heavy atom. The number of carboxylic acids is 1. The van der Waals surface area contributed by atoms with E-state index in [1.807, 2.05) is 0 Å². The number of aliphatic hydroxyl groups excluding tert-OH is 1. The van der Waals surface area contributed by atoms with E-state index >= 15 is 0 Å². The molecule has 0 aromatic heterocycles. The van der Waals surface area contributed by atoms with Crippen molar-refractivity contribution in [3.05, 3.63) is 0 Å². The van der Waals surface area contributed by atoms with Crippen molar-refractivity contribution in [3.8, 4) is 0 Å². The van der Waals surface area contributed by atoms with Crippen LogP contribution in [0.2, 0.25) is 0 Å². The van der Waals surface area contributed by atoms with Crippen LogP contribution in [0.15, 0.2) is 0 Å². The van der Waals surface area contributed by atoms with E-state index in [1.165, 1.54) is 14.0 Å². The molecule has 4 N–H and O–H groups in total. The lowest BCUT2D eigenvalue weighted by Gasteiger charge is -2.23. The van der Waals surface area contributed by atoms with Crippen molar-refractivity contribution in [2.75, 3.05) is 13.7 Å². The van der Waals surface area contributed by atoms with Gasteiger partial charge in [-0.3, -0.25) is 9.59 Å². The molecule has 2 unspecified atom stereocenters. The van der Waals surface area contributed by atoms with Crippen molar-refractivity contribution < 1.29 is 24.5 Å². The average molecular weight is 205 g/mol. The molecule has 0 saturated carbocycles. The molecule has 0 bridgehead atoms. The van der Waals surface area contributed by atoms with Crippen molar-refractivity contribution in [1.29, 1.82) is 0 Å². The van der Waals surface area contributed by atoms with E-state index in [-0.39, 0.29) is 13.0 Å². The molecule has 0 radical (unpaired) electrons. The number of methoxy groups -OCH3 is 1. The summed E-state index contributed by atoms with van der Waals surface area (Å²) < 4.78 is 4.61. The van der Waals surface area contributed by atoms with Gasteiger partial charge in [0.05, 0.1) is 12.7 Å². The standard InChI is InChI=1S/C8H15NO5/c1-8(6(9)11,7(12)13)3-5(10)4-14-2/h5,10H,3-4H2,1-2H3,(H2,9,11)(H,12,13).